The van der Waals surface area contributed by atoms with Crippen LogP contribution in [0.2, 0.25) is 0 Å². The Hall–Kier alpha value is -0.240. The molecule has 0 heterocycles. The lowest BCUT2D eigenvalue weighted by Gasteiger charge is -2.41. The van der Waals surface area contributed by atoms with Crippen molar-refractivity contribution in [2.45, 2.75) is 121 Å². The summed E-state index contributed by atoms with van der Waals surface area (Å²) in [7, 11) is 0. The summed E-state index contributed by atoms with van der Waals surface area (Å²) in [6.07, 6.45) is 7.15. The molecule has 28 heavy (non-hydrogen) atoms. The van der Waals surface area contributed by atoms with E-state index in [0.717, 1.165) is 70.6 Å². The molecule has 0 aromatic carbocycles. The largest absolute Gasteiger partial charge is 0.394 e. The van der Waals surface area contributed by atoms with Crippen molar-refractivity contribution in [3.8, 4) is 0 Å². The predicted molar refractivity (Wildman–Crippen MR) is 112 cm³/mol. The van der Waals surface area contributed by atoms with Gasteiger partial charge in [0.2, 0.25) is 0 Å². The SMILES string of the molecule is [2H]CCCCCCCCOC(C(O)CO)C(O)(CCCCCCCC[2H])C(O)CO. The zero-order valence-electron chi connectivity index (χ0n) is 19.6. The minimum atomic E-state index is -1.84. The second-order valence-electron chi connectivity index (χ2n) is 7.72. The molecule has 0 bridgehead atoms. The van der Waals surface area contributed by atoms with E-state index in [1.807, 2.05) is 0 Å². The molecule has 0 saturated carbocycles. The summed E-state index contributed by atoms with van der Waals surface area (Å²) in [5, 5.41) is 50.5. The minimum absolute atomic E-state index is 0.155. The molecule has 0 aliphatic heterocycles. The Labute approximate surface area is 174 Å². The third-order valence-corrected chi connectivity index (χ3v) is 5.30. The highest BCUT2D eigenvalue weighted by Gasteiger charge is 2.46. The number of rotatable bonds is 20. The second-order valence-corrected chi connectivity index (χ2v) is 7.72. The number of hydrogen-bond acceptors (Lipinski definition) is 6. The molecule has 4 unspecified atom stereocenters. The van der Waals surface area contributed by atoms with Gasteiger partial charge >= 0.3 is 0 Å². The van der Waals surface area contributed by atoms with Crippen LogP contribution >= 0.6 is 0 Å². The van der Waals surface area contributed by atoms with Crippen molar-refractivity contribution < 1.29 is 33.0 Å². The maximum absolute atomic E-state index is 11.1. The molecular formula is C22H46O6. The lowest BCUT2D eigenvalue weighted by Crippen LogP contribution is -2.59. The predicted octanol–water partition coefficient (Wildman–Crippen LogP) is 2.92. The van der Waals surface area contributed by atoms with Crippen LogP contribution in [-0.4, -0.2) is 69.3 Å². The molecule has 4 atom stereocenters. The van der Waals surface area contributed by atoms with Crippen LogP contribution in [0.15, 0.2) is 0 Å². The van der Waals surface area contributed by atoms with Crippen molar-refractivity contribution >= 4 is 0 Å². The van der Waals surface area contributed by atoms with Crippen molar-refractivity contribution in [1.29, 1.82) is 0 Å². The van der Waals surface area contributed by atoms with Gasteiger partial charge in [-0.3, -0.25) is 0 Å². The van der Waals surface area contributed by atoms with Crippen LogP contribution in [0.4, 0.5) is 0 Å². The number of aliphatic hydroxyl groups excluding tert-OH is 4. The highest BCUT2D eigenvalue weighted by Crippen LogP contribution is 2.29. The van der Waals surface area contributed by atoms with Crippen LogP contribution in [0.25, 0.3) is 0 Å². The van der Waals surface area contributed by atoms with Gasteiger partial charge in [-0.05, 0) is 12.8 Å². The van der Waals surface area contributed by atoms with Gasteiger partial charge in [-0.25, -0.2) is 0 Å². The zero-order chi connectivity index (χ0) is 22.7. The molecule has 0 aliphatic rings. The van der Waals surface area contributed by atoms with Gasteiger partial charge < -0.3 is 30.3 Å². The molecule has 0 rings (SSSR count). The summed E-state index contributed by atoms with van der Waals surface area (Å²) < 4.78 is 20.0. The molecule has 5 N–H and O–H groups in total. The van der Waals surface area contributed by atoms with E-state index < -0.39 is 37.1 Å². The lowest BCUT2D eigenvalue weighted by atomic mass is 9.82. The van der Waals surface area contributed by atoms with Crippen LogP contribution in [-0.2, 0) is 4.74 Å². The fourth-order valence-electron chi connectivity index (χ4n) is 3.48. The fourth-order valence-corrected chi connectivity index (χ4v) is 3.48. The number of hydrogen-bond donors (Lipinski definition) is 5. The standard InChI is InChI=1S/C22H46O6/c1-3-5-7-9-11-13-15-22(27,20(26)18-24)21(19(25)17-23)28-16-14-12-10-8-6-4-2/h19-21,23-27H,3-18H2,1-2H3/i1D,2D. The van der Waals surface area contributed by atoms with Crippen molar-refractivity contribution in [3.05, 3.63) is 0 Å². The van der Waals surface area contributed by atoms with Gasteiger partial charge in [-0.15, -0.1) is 0 Å². The van der Waals surface area contributed by atoms with Crippen LogP contribution in [0.1, 0.15) is 100 Å². The summed E-state index contributed by atoms with van der Waals surface area (Å²) in [6, 6.07) is 0. The summed E-state index contributed by atoms with van der Waals surface area (Å²) in [5.74, 6) is 0. The molecule has 0 spiro atoms. The number of ether oxygens (including phenoxy) is 1. The van der Waals surface area contributed by atoms with E-state index in [9.17, 15) is 25.5 Å². The van der Waals surface area contributed by atoms with Crippen LogP contribution in [0.5, 0.6) is 0 Å². The normalized spacial score (nSPS) is 18.2. The van der Waals surface area contributed by atoms with E-state index in [2.05, 4.69) is 0 Å². The Morgan fingerprint density at radius 3 is 1.86 bits per heavy atom. The van der Waals surface area contributed by atoms with Gasteiger partial charge in [0.05, 0.1) is 13.2 Å². The summed E-state index contributed by atoms with van der Waals surface area (Å²) in [6.45, 7) is -0.0837. The molecule has 0 aromatic heterocycles. The fraction of sp³-hybridized carbons (Fsp3) is 1.00. The van der Waals surface area contributed by atoms with Crippen LogP contribution in [0.3, 0.4) is 0 Å². The Morgan fingerprint density at radius 2 is 1.32 bits per heavy atom. The third kappa shape index (κ3) is 11.1. The number of unbranched alkanes of at least 4 members (excludes halogenated alkanes) is 10. The topological polar surface area (TPSA) is 110 Å². The summed E-state index contributed by atoms with van der Waals surface area (Å²) in [4.78, 5) is 0. The molecule has 0 radical (unpaired) electrons. The van der Waals surface area contributed by atoms with Crippen LogP contribution in [0, 0.1) is 0 Å². The first kappa shape index (κ1) is 24.0. The maximum Gasteiger partial charge on any atom is 0.121 e. The van der Waals surface area contributed by atoms with Gasteiger partial charge in [0, 0.05) is 9.35 Å². The summed E-state index contributed by atoms with van der Waals surface area (Å²) in [5.41, 5.74) is -1.84. The molecule has 0 fully saturated rings. The minimum Gasteiger partial charge on any atom is -0.394 e. The van der Waals surface area contributed by atoms with Crippen molar-refractivity contribution in [2.75, 3.05) is 19.8 Å². The van der Waals surface area contributed by atoms with E-state index in [4.69, 9.17) is 7.48 Å². The van der Waals surface area contributed by atoms with Gasteiger partial charge in [0.25, 0.3) is 0 Å². The van der Waals surface area contributed by atoms with Crippen LogP contribution < -0.4 is 0 Å². The lowest BCUT2D eigenvalue weighted by molar-refractivity contribution is -0.211. The monoisotopic (exact) mass is 408 g/mol. The van der Waals surface area contributed by atoms with E-state index >= 15 is 0 Å². The Morgan fingerprint density at radius 1 is 0.786 bits per heavy atom. The average molecular weight is 409 g/mol. The van der Waals surface area contributed by atoms with Gasteiger partial charge in [-0.1, -0.05) is 84.4 Å². The first-order valence-electron chi connectivity index (χ1n) is 12.4. The Balaban J connectivity index is 4.63. The Bertz CT molecular complexity index is 378. The first-order chi connectivity index (χ1) is 14.5. The third-order valence-electron chi connectivity index (χ3n) is 5.30. The van der Waals surface area contributed by atoms with E-state index in [0.29, 0.717) is 20.2 Å². The molecule has 0 aliphatic carbocycles. The molecule has 170 valence electrons. The molecule has 6 nitrogen and oxygen atoms in total. The van der Waals surface area contributed by atoms with Crippen molar-refractivity contribution in [3.63, 3.8) is 0 Å². The molecule has 0 amide bonds. The molecule has 0 saturated heterocycles. The highest BCUT2D eigenvalue weighted by atomic mass is 16.5. The highest BCUT2D eigenvalue weighted by molar-refractivity contribution is 4.97. The number of aliphatic hydroxyl groups is 5. The van der Waals surface area contributed by atoms with E-state index in [1.165, 1.54) is 0 Å². The molecule has 0 aromatic rings. The van der Waals surface area contributed by atoms with E-state index in [-0.39, 0.29) is 13.0 Å². The van der Waals surface area contributed by atoms with Gasteiger partial charge in [0.15, 0.2) is 0 Å². The Kier molecular flexibility index (Phi) is 15.1. The second kappa shape index (κ2) is 17.6. The van der Waals surface area contributed by atoms with Crippen molar-refractivity contribution in [2.24, 2.45) is 0 Å². The zero-order valence-corrected chi connectivity index (χ0v) is 17.6. The summed E-state index contributed by atoms with van der Waals surface area (Å²) >= 11 is 0. The smallest absolute Gasteiger partial charge is 0.121 e. The first-order valence-corrected chi connectivity index (χ1v) is 11.0. The van der Waals surface area contributed by atoms with E-state index in [1.54, 1.807) is 0 Å². The average Bonchev–Trinajstić information content (AvgIpc) is 2.76. The van der Waals surface area contributed by atoms with Gasteiger partial charge in [0.1, 0.15) is 23.9 Å². The maximum atomic E-state index is 11.1. The van der Waals surface area contributed by atoms with Crippen molar-refractivity contribution in [1.82, 2.24) is 0 Å². The molecule has 6 heteroatoms. The van der Waals surface area contributed by atoms with Gasteiger partial charge in [-0.2, -0.15) is 0 Å². The molecular weight excluding hydrogens is 360 g/mol. The quantitative estimate of drug-likeness (QED) is 0.198.